The molecule has 1 N–H and O–H groups in total. The Bertz CT molecular complexity index is 512. The smallest absolute Gasteiger partial charge is 0.229 e. The van der Waals surface area contributed by atoms with Crippen molar-refractivity contribution in [2.75, 3.05) is 0 Å². The van der Waals surface area contributed by atoms with E-state index in [1.54, 1.807) is 6.92 Å². The third-order valence-electron chi connectivity index (χ3n) is 2.62. The van der Waals surface area contributed by atoms with Gasteiger partial charge in [-0.15, -0.1) is 0 Å². The number of aryl methyl sites for hydroxylation is 2. The first-order valence-corrected chi connectivity index (χ1v) is 6.09. The summed E-state index contributed by atoms with van der Waals surface area (Å²) >= 11 is 0. The molecule has 0 fully saturated rings. The van der Waals surface area contributed by atoms with E-state index in [1.165, 1.54) is 16.7 Å². The second kappa shape index (κ2) is 5.31. The van der Waals surface area contributed by atoms with E-state index in [2.05, 4.69) is 42.2 Å². The quantitative estimate of drug-likeness (QED) is 0.898. The highest BCUT2D eigenvalue weighted by Crippen LogP contribution is 2.12. The van der Waals surface area contributed by atoms with Gasteiger partial charge in [-0.2, -0.15) is 4.98 Å². The minimum absolute atomic E-state index is 0.403. The minimum Gasteiger partial charge on any atom is -0.393 e. The van der Waals surface area contributed by atoms with Crippen molar-refractivity contribution in [2.45, 2.75) is 39.7 Å². The number of benzene rings is 1. The molecule has 0 saturated carbocycles. The minimum atomic E-state index is -0.459. The van der Waals surface area contributed by atoms with Gasteiger partial charge in [0.15, 0.2) is 5.82 Å². The fourth-order valence-electron chi connectivity index (χ4n) is 2.05. The number of rotatable bonds is 4. The molecule has 1 unspecified atom stereocenters. The van der Waals surface area contributed by atoms with E-state index in [0.717, 1.165) is 0 Å². The number of aliphatic hydroxyl groups excluding tert-OH is 1. The fourth-order valence-corrected chi connectivity index (χ4v) is 2.05. The van der Waals surface area contributed by atoms with Gasteiger partial charge >= 0.3 is 0 Å². The van der Waals surface area contributed by atoms with Crippen LogP contribution in [0, 0.1) is 13.8 Å². The molecule has 4 heteroatoms. The van der Waals surface area contributed by atoms with E-state index in [4.69, 9.17) is 4.52 Å². The molecule has 18 heavy (non-hydrogen) atoms. The van der Waals surface area contributed by atoms with Crippen molar-refractivity contribution in [3.63, 3.8) is 0 Å². The molecule has 1 aromatic carbocycles. The summed E-state index contributed by atoms with van der Waals surface area (Å²) in [6.45, 7) is 5.85. The van der Waals surface area contributed by atoms with Gasteiger partial charge in [0, 0.05) is 6.42 Å². The molecule has 1 heterocycles. The van der Waals surface area contributed by atoms with Crippen LogP contribution < -0.4 is 0 Å². The highest BCUT2D eigenvalue weighted by Gasteiger charge is 2.09. The maximum Gasteiger partial charge on any atom is 0.229 e. The summed E-state index contributed by atoms with van der Waals surface area (Å²) in [5, 5.41) is 13.2. The summed E-state index contributed by atoms with van der Waals surface area (Å²) in [7, 11) is 0. The van der Waals surface area contributed by atoms with E-state index < -0.39 is 6.10 Å². The average molecular weight is 246 g/mol. The molecular formula is C14H18N2O2. The Morgan fingerprint density at radius 3 is 2.50 bits per heavy atom. The molecule has 1 aromatic heterocycles. The molecule has 2 rings (SSSR count). The first-order chi connectivity index (χ1) is 8.52. The lowest BCUT2D eigenvalue weighted by Crippen LogP contribution is -2.04. The summed E-state index contributed by atoms with van der Waals surface area (Å²) in [5.74, 6) is 1.15. The number of nitrogens with zero attached hydrogens (tertiary/aromatic N) is 2. The molecule has 4 nitrogen and oxygen atoms in total. The van der Waals surface area contributed by atoms with Crippen LogP contribution in [0.15, 0.2) is 22.7 Å². The second-order valence-electron chi connectivity index (χ2n) is 4.83. The van der Waals surface area contributed by atoms with Gasteiger partial charge in [-0.1, -0.05) is 34.5 Å². The third-order valence-corrected chi connectivity index (χ3v) is 2.62. The van der Waals surface area contributed by atoms with Crippen molar-refractivity contribution >= 4 is 0 Å². The Morgan fingerprint density at radius 1 is 1.22 bits per heavy atom. The topological polar surface area (TPSA) is 59.2 Å². The molecule has 0 bridgehead atoms. The lowest BCUT2D eigenvalue weighted by Gasteiger charge is -2.01. The average Bonchev–Trinajstić information content (AvgIpc) is 2.62. The highest BCUT2D eigenvalue weighted by molar-refractivity contribution is 5.30. The Labute approximate surface area is 107 Å². The predicted octanol–water partition coefficient (Wildman–Crippen LogP) is 2.20. The number of hydrogen-bond acceptors (Lipinski definition) is 4. The Kier molecular flexibility index (Phi) is 3.77. The summed E-state index contributed by atoms with van der Waals surface area (Å²) in [5.41, 5.74) is 3.65. The monoisotopic (exact) mass is 246 g/mol. The molecule has 1 atom stereocenters. The lowest BCUT2D eigenvalue weighted by molar-refractivity contribution is 0.181. The van der Waals surface area contributed by atoms with Gasteiger partial charge in [-0.3, -0.25) is 0 Å². The Morgan fingerprint density at radius 2 is 1.89 bits per heavy atom. The van der Waals surface area contributed by atoms with E-state index in [-0.39, 0.29) is 0 Å². The number of aliphatic hydroxyl groups is 1. The molecule has 0 aliphatic heterocycles. The van der Waals surface area contributed by atoms with Crippen LogP contribution in [0.3, 0.4) is 0 Å². The van der Waals surface area contributed by atoms with Crippen LogP contribution in [-0.4, -0.2) is 21.4 Å². The van der Waals surface area contributed by atoms with Gasteiger partial charge < -0.3 is 9.63 Å². The van der Waals surface area contributed by atoms with Gasteiger partial charge in [0.25, 0.3) is 0 Å². The van der Waals surface area contributed by atoms with Crippen LogP contribution in [0.5, 0.6) is 0 Å². The van der Waals surface area contributed by atoms with Gasteiger partial charge in [0.05, 0.1) is 12.5 Å². The summed E-state index contributed by atoms with van der Waals surface area (Å²) < 4.78 is 5.09. The molecule has 96 valence electrons. The SMILES string of the molecule is Cc1cc(C)cc(Cc2noc(CC(C)O)n2)c1. The van der Waals surface area contributed by atoms with Gasteiger partial charge in [0.2, 0.25) is 5.89 Å². The van der Waals surface area contributed by atoms with E-state index >= 15 is 0 Å². The zero-order chi connectivity index (χ0) is 13.1. The lowest BCUT2D eigenvalue weighted by atomic mass is 10.1. The summed E-state index contributed by atoms with van der Waals surface area (Å²) in [6, 6.07) is 6.38. The zero-order valence-electron chi connectivity index (χ0n) is 11.0. The Balaban J connectivity index is 2.11. The van der Waals surface area contributed by atoms with Crippen molar-refractivity contribution in [3.05, 3.63) is 46.6 Å². The molecule has 0 aliphatic carbocycles. The van der Waals surface area contributed by atoms with Crippen molar-refractivity contribution in [1.82, 2.24) is 10.1 Å². The van der Waals surface area contributed by atoms with Crippen molar-refractivity contribution in [1.29, 1.82) is 0 Å². The largest absolute Gasteiger partial charge is 0.393 e. The van der Waals surface area contributed by atoms with Crippen LogP contribution >= 0.6 is 0 Å². The molecule has 0 saturated heterocycles. The molecule has 0 spiro atoms. The maximum absolute atomic E-state index is 9.25. The van der Waals surface area contributed by atoms with Gasteiger partial charge in [-0.05, 0) is 26.3 Å². The summed E-state index contributed by atoms with van der Waals surface area (Å²) in [6.07, 6.45) is 0.602. The van der Waals surface area contributed by atoms with Gasteiger partial charge in [0.1, 0.15) is 0 Å². The Hall–Kier alpha value is -1.68. The molecule has 0 aliphatic rings. The fraction of sp³-hybridized carbons (Fsp3) is 0.429. The van der Waals surface area contributed by atoms with Gasteiger partial charge in [-0.25, -0.2) is 0 Å². The standard InChI is InChI=1S/C14H18N2O2/c1-9-4-10(2)6-12(5-9)8-13-15-14(18-16-13)7-11(3)17/h4-6,11,17H,7-8H2,1-3H3. The van der Waals surface area contributed by atoms with Crippen LogP contribution in [0.25, 0.3) is 0 Å². The molecule has 0 amide bonds. The molecular weight excluding hydrogens is 228 g/mol. The van der Waals surface area contributed by atoms with Crippen molar-refractivity contribution in [3.8, 4) is 0 Å². The van der Waals surface area contributed by atoms with E-state index in [9.17, 15) is 5.11 Å². The van der Waals surface area contributed by atoms with Crippen LogP contribution in [0.1, 0.15) is 35.3 Å². The van der Waals surface area contributed by atoms with E-state index in [0.29, 0.717) is 24.6 Å². The highest BCUT2D eigenvalue weighted by atomic mass is 16.5. The van der Waals surface area contributed by atoms with Crippen molar-refractivity contribution in [2.24, 2.45) is 0 Å². The molecule has 2 aromatic rings. The van der Waals surface area contributed by atoms with Crippen molar-refractivity contribution < 1.29 is 9.63 Å². The maximum atomic E-state index is 9.25. The first-order valence-electron chi connectivity index (χ1n) is 6.09. The van der Waals surface area contributed by atoms with Crippen LogP contribution in [0.2, 0.25) is 0 Å². The number of aromatic nitrogens is 2. The number of hydrogen-bond donors (Lipinski definition) is 1. The zero-order valence-corrected chi connectivity index (χ0v) is 11.0. The normalized spacial score (nSPS) is 12.7. The predicted molar refractivity (Wildman–Crippen MR) is 68.4 cm³/mol. The first kappa shape index (κ1) is 12.8. The summed E-state index contributed by atoms with van der Waals surface area (Å²) in [4.78, 5) is 4.27. The third kappa shape index (κ3) is 3.40. The second-order valence-corrected chi connectivity index (χ2v) is 4.83. The van der Waals surface area contributed by atoms with Crippen LogP contribution in [-0.2, 0) is 12.8 Å². The van der Waals surface area contributed by atoms with Crippen LogP contribution in [0.4, 0.5) is 0 Å². The molecule has 0 radical (unpaired) electrons. The van der Waals surface area contributed by atoms with E-state index in [1.807, 2.05) is 0 Å².